The zero-order chi connectivity index (χ0) is 22.5. The maximum absolute atomic E-state index is 12.7. The van der Waals surface area contributed by atoms with Gasteiger partial charge in [0.1, 0.15) is 11.5 Å². The number of piperazine rings is 1. The molecular weight excluding hydrogens is 406 g/mol. The Morgan fingerprint density at radius 3 is 2.09 bits per heavy atom. The highest BCUT2D eigenvalue weighted by Gasteiger charge is 2.22. The summed E-state index contributed by atoms with van der Waals surface area (Å²) in [6.45, 7) is 4.62. The molecule has 4 rings (SSSR count). The van der Waals surface area contributed by atoms with Crippen LogP contribution in [0.25, 0.3) is 11.3 Å². The number of aryl methyl sites for hydroxylation is 1. The Morgan fingerprint density at radius 2 is 1.53 bits per heavy atom. The molecule has 2 amide bonds. The van der Waals surface area contributed by atoms with E-state index >= 15 is 0 Å². The van der Waals surface area contributed by atoms with Crippen LogP contribution in [0.2, 0.25) is 0 Å². The van der Waals surface area contributed by atoms with Gasteiger partial charge >= 0.3 is 6.03 Å². The lowest BCUT2D eigenvalue weighted by atomic mass is 10.1. The third-order valence-electron chi connectivity index (χ3n) is 5.49. The van der Waals surface area contributed by atoms with Crippen LogP contribution in [0.3, 0.4) is 0 Å². The molecule has 1 aromatic heterocycles. The van der Waals surface area contributed by atoms with E-state index in [2.05, 4.69) is 39.5 Å². The van der Waals surface area contributed by atoms with Crippen molar-refractivity contribution in [3.8, 4) is 22.8 Å². The van der Waals surface area contributed by atoms with Crippen molar-refractivity contribution in [2.24, 2.45) is 0 Å². The van der Waals surface area contributed by atoms with Crippen LogP contribution in [0.1, 0.15) is 5.56 Å². The third kappa shape index (κ3) is 4.91. The predicted molar refractivity (Wildman–Crippen MR) is 125 cm³/mol. The van der Waals surface area contributed by atoms with Crippen LogP contribution in [-0.4, -0.2) is 61.5 Å². The van der Waals surface area contributed by atoms with E-state index in [0.29, 0.717) is 43.4 Å². The molecule has 1 N–H and O–H groups in total. The fourth-order valence-electron chi connectivity index (χ4n) is 3.59. The van der Waals surface area contributed by atoms with E-state index in [1.54, 1.807) is 37.3 Å². The van der Waals surface area contributed by atoms with Gasteiger partial charge in [0.15, 0.2) is 5.82 Å². The SMILES string of the molecule is COc1cc(NC(=O)N2CCN(c3ccc(-c4ccc(C)cc4)nn3)CC2)cc(OC)c1. The maximum Gasteiger partial charge on any atom is 0.321 e. The zero-order valence-corrected chi connectivity index (χ0v) is 18.5. The van der Waals surface area contributed by atoms with Crippen LogP contribution >= 0.6 is 0 Å². The van der Waals surface area contributed by atoms with Crippen LogP contribution in [-0.2, 0) is 0 Å². The lowest BCUT2D eigenvalue weighted by Crippen LogP contribution is -2.50. The molecule has 1 aliphatic heterocycles. The normalized spacial score (nSPS) is 13.6. The van der Waals surface area contributed by atoms with Gasteiger partial charge in [0.2, 0.25) is 0 Å². The summed E-state index contributed by atoms with van der Waals surface area (Å²) in [5.41, 5.74) is 3.74. The molecule has 2 heterocycles. The van der Waals surface area contributed by atoms with Crippen molar-refractivity contribution in [2.75, 3.05) is 50.6 Å². The number of carbonyl (C=O) groups excluding carboxylic acids is 1. The zero-order valence-electron chi connectivity index (χ0n) is 18.5. The molecule has 1 saturated heterocycles. The topological polar surface area (TPSA) is 79.8 Å². The van der Waals surface area contributed by atoms with E-state index in [1.165, 1.54) is 5.56 Å². The Balaban J connectivity index is 1.34. The highest BCUT2D eigenvalue weighted by molar-refractivity contribution is 5.90. The predicted octanol–water partition coefficient (Wildman–Crippen LogP) is 3.82. The number of hydrogen-bond acceptors (Lipinski definition) is 6. The van der Waals surface area contributed by atoms with Crippen molar-refractivity contribution in [1.29, 1.82) is 0 Å². The van der Waals surface area contributed by atoms with Crippen molar-refractivity contribution in [2.45, 2.75) is 6.92 Å². The molecule has 1 fully saturated rings. The van der Waals surface area contributed by atoms with Crippen LogP contribution in [0.4, 0.5) is 16.3 Å². The molecule has 8 heteroatoms. The number of urea groups is 1. The fraction of sp³-hybridized carbons (Fsp3) is 0.292. The molecule has 166 valence electrons. The standard InChI is InChI=1S/C24H27N5O3/c1-17-4-6-18(7-5-17)22-8-9-23(27-26-22)28-10-12-29(13-11-28)24(30)25-19-14-20(31-2)16-21(15-19)32-3/h4-9,14-16H,10-13H2,1-3H3,(H,25,30). The number of aromatic nitrogens is 2. The number of amides is 2. The van der Waals surface area contributed by atoms with Crippen LogP contribution < -0.4 is 19.7 Å². The van der Waals surface area contributed by atoms with E-state index in [9.17, 15) is 4.79 Å². The van der Waals surface area contributed by atoms with E-state index in [1.807, 2.05) is 24.3 Å². The highest BCUT2D eigenvalue weighted by Crippen LogP contribution is 2.26. The molecule has 0 radical (unpaired) electrons. The van der Waals surface area contributed by atoms with Gasteiger partial charge in [-0.1, -0.05) is 29.8 Å². The van der Waals surface area contributed by atoms with E-state index in [0.717, 1.165) is 17.1 Å². The Labute approximate surface area is 187 Å². The molecule has 0 atom stereocenters. The number of rotatable bonds is 5. The van der Waals surface area contributed by atoms with Gasteiger partial charge in [0.05, 0.1) is 19.9 Å². The summed E-state index contributed by atoms with van der Waals surface area (Å²) in [7, 11) is 3.16. The number of benzene rings is 2. The molecule has 0 aliphatic carbocycles. The lowest BCUT2D eigenvalue weighted by Gasteiger charge is -2.35. The van der Waals surface area contributed by atoms with Gasteiger partial charge in [-0.15, -0.1) is 10.2 Å². The molecule has 0 bridgehead atoms. The second kappa shape index (κ2) is 9.55. The summed E-state index contributed by atoms with van der Waals surface area (Å²) < 4.78 is 10.5. The van der Waals surface area contributed by atoms with Crippen molar-refractivity contribution in [3.05, 3.63) is 60.2 Å². The van der Waals surface area contributed by atoms with Gasteiger partial charge in [-0.25, -0.2) is 4.79 Å². The maximum atomic E-state index is 12.7. The quantitative estimate of drug-likeness (QED) is 0.659. The Bertz CT molecular complexity index is 1040. The monoisotopic (exact) mass is 433 g/mol. The second-order valence-electron chi connectivity index (χ2n) is 7.65. The first kappa shape index (κ1) is 21.4. The molecule has 1 aliphatic rings. The number of ether oxygens (including phenoxy) is 2. The Hall–Kier alpha value is -3.81. The average molecular weight is 434 g/mol. The molecule has 0 spiro atoms. The van der Waals surface area contributed by atoms with Crippen LogP contribution in [0.5, 0.6) is 11.5 Å². The Morgan fingerprint density at radius 1 is 0.875 bits per heavy atom. The summed E-state index contributed by atoms with van der Waals surface area (Å²) in [5, 5.41) is 11.7. The van der Waals surface area contributed by atoms with Gasteiger partial charge in [-0.3, -0.25) is 0 Å². The fourth-order valence-corrected chi connectivity index (χ4v) is 3.59. The smallest absolute Gasteiger partial charge is 0.321 e. The number of anilines is 2. The lowest BCUT2D eigenvalue weighted by molar-refractivity contribution is 0.208. The van der Waals surface area contributed by atoms with E-state index in [4.69, 9.17) is 9.47 Å². The summed E-state index contributed by atoms with van der Waals surface area (Å²) in [6, 6.07) is 17.4. The number of nitrogens with zero attached hydrogens (tertiary/aromatic N) is 4. The summed E-state index contributed by atoms with van der Waals surface area (Å²) >= 11 is 0. The van der Waals surface area contributed by atoms with Gasteiger partial charge < -0.3 is 24.6 Å². The molecular formula is C24H27N5O3. The first-order valence-corrected chi connectivity index (χ1v) is 10.5. The Kier molecular flexibility index (Phi) is 6.39. The first-order valence-electron chi connectivity index (χ1n) is 10.5. The average Bonchev–Trinajstić information content (AvgIpc) is 2.84. The van der Waals surface area contributed by atoms with E-state index in [-0.39, 0.29) is 6.03 Å². The molecule has 32 heavy (non-hydrogen) atoms. The summed E-state index contributed by atoms with van der Waals surface area (Å²) in [5.74, 6) is 2.06. The molecule has 3 aromatic rings. The summed E-state index contributed by atoms with van der Waals surface area (Å²) in [6.07, 6.45) is 0. The first-order chi connectivity index (χ1) is 15.6. The molecule has 2 aromatic carbocycles. The number of carbonyl (C=O) groups is 1. The molecule has 0 unspecified atom stereocenters. The minimum atomic E-state index is -0.152. The summed E-state index contributed by atoms with van der Waals surface area (Å²) in [4.78, 5) is 16.7. The van der Waals surface area contributed by atoms with Gasteiger partial charge in [0, 0.05) is 55.6 Å². The van der Waals surface area contributed by atoms with E-state index < -0.39 is 0 Å². The number of nitrogens with one attached hydrogen (secondary N) is 1. The van der Waals surface area contributed by atoms with Crippen LogP contribution in [0.15, 0.2) is 54.6 Å². The van der Waals surface area contributed by atoms with Gasteiger partial charge in [-0.05, 0) is 19.1 Å². The van der Waals surface area contributed by atoms with Gasteiger partial charge in [0.25, 0.3) is 0 Å². The minimum Gasteiger partial charge on any atom is -0.497 e. The second-order valence-corrected chi connectivity index (χ2v) is 7.65. The van der Waals surface area contributed by atoms with Gasteiger partial charge in [-0.2, -0.15) is 0 Å². The third-order valence-corrected chi connectivity index (χ3v) is 5.49. The highest BCUT2D eigenvalue weighted by atomic mass is 16.5. The van der Waals surface area contributed by atoms with Crippen molar-refractivity contribution < 1.29 is 14.3 Å². The van der Waals surface area contributed by atoms with Crippen LogP contribution in [0, 0.1) is 6.92 Å². The minimum absolute atomic E-state index is 0.152. The molecule has 0 saturated carbocycles. The number of hydrogen-bond donors (Lipinski definition) is 1. The largest absolute Gasteiger partial charge is 0.497 e. The number of methoxy groups -OCH3 is 2. The molecule has 8 nitrogen and oxygen atoms in total. The van der Waals surface area contributed by atoms with Crippen molar-refractivity contribution in [1.82, 2.24) is 15.1 Å². The van der Waals surface area contributed by atoms with Crippen molar-refractivity contribution in [3.63, 3.8) is 0 Å². The van der Waals surface area contributed by atoms with Crippen molar-refractivity contribution >= 4 is 17.5 Å².